The molecule has 0 atom stereocenters. The summed E-state index contributed by atoms with van der Waals surface area (Å²) < 4.78 is 5.35. The van der Waals surface area contributed by atoms with E-state index in [9.17, 15) is 4.79 Å². The van der Waals surface area contributed by atoms with Gasteiger partial charge in [-0.05, 0) is 29.8 Å². The molecule has 2 heterocycles. The number of morpholine rings is 1. The van der Waals surface area contributed by atoms with Crippen molar-refractivity contribution < 1.29 is 9.53 Å². The third kappa shape index (κ3) is 6.80. The predicted molar refractivity (Wildman–Crippen MR) is 108 cm³/mol. The smallest absolute Gasteiger partial charge is 0.230 e. The number of halogens is 2. The standard InChI is InChI=1S/C18H22N4O2.2ClH/c19-15-3-6-17(20-12-15)11-18(23)21-16-4-1-14(2-5-16)13-22-7-9-24-10-8-22;;/h1-6,12H,7-11,13,19H2,(H,21,23);2*1H. The van der Waals surface area contributed by atoms with E-state index in [-0.39, 0.29) is 37.1 Å². The fraction of sp³-hybridized carbons (Fsp3) is 0.333. The van der Waals surface area contributed by atoms with Crippen LogP contribution in [0, 0.1) is 0 Å². The summed E-state index contributed by atoms with van der Waals surface area (Å²) in [6.45, 7) is 4.44. The second-order valence-corrected chi connectivity index (χ2v) is 5.89. The minimum Gasteiger partial charge on any atom is -0.397 e. The molecule has 0 radical (unpaired) electrons. The summed E-state index contributed by atoms with van der Waals surface area (Å²) in [5, 5.41) is 2.89. The van der Waals surface area contributed by atoms with Gasteiger partial charge in [-0.2, -0.15) is 0 Å². The monoisotopic (exact) mass is 398 g/mol. The average Bonchev–Trinajstić information content (AvgIpc) is 2.60. The number of anilines is 2. The number of ether oxygens (including phenoxy) is 1. The molecule has 1 aromatic carbocycles. The maximum absolute atomic E-state index is 12.1. The van der Waals surface area contributed by atoms with Gasteiger partial charge in [-0.25, -0.2) is 0 Å². The van der Waals surface area contributed by atoms with Crippen molar-refractivity contribution >= 4 is 42.1 Å². The van der Waals surface area contributed by atoms with Crippen LogP contribution in [0.25, 0.3) is 0 Å². The topological polar surface area (TPSA) is 80.5 Å². The fourth-order valence-electron chi connectivity index (χ4n) is 2.62. The molecular formula is C18H24Cl2N4O2. The number of rotatable bonds is 5. The molecule has 1 aliphatic heterocycles. The van der Waals surface area contributed by atoms with Crippen molar-refractivity contribution in [2.24, 2.45) is 0 Å². The van der Waals surface area contributed by atoms with Gasteiger partial charge in [-0.3, -0.25) is 14.7 Å². The van der Waals surface area contributed by atoms with Crippen LogP contribution in [0.4, 0.5) is 11.4 Å². The summed E-state index contributed by atoms with van der Waals surface area (Å²) in [6.07, 6.45) is 1.79. The number of hydrogen-bond donors (Lipinski definition) is 2. The molecule has 0 spiro atoms. The third-order valence-corrected chi connectivity index (χ3v) is 3.94. The van der Waals surface area contributed by atoms with E-state index < -0.39 is 0 Å². The Balaban J connectivity index is 0.00000169. The van der Waals surface area contributed by atoms with Crippen LogP contribution >= 0.6 is 24.8 Å². The van der Waals surface area contributed by atoms with Crippen LogP contribution in [-0.2, 0) is 22.5 Å². The zero-order chi connectivity index (χ0) is 16.8. The molecule has 0 aliphatic carbocycles. The first kappa shape index (κ1) is 22.2. The minimum absolute atomic E-state index is 0. The van der Waals surface area contributed by atoms with Crippen LogP contribution in [0.1, 0.15) is 11.3 Å². The Morgan fingerprint density at radius 3 is 2.42 bits per heavy atom. The Bertz CT molecular complexity index is 675. The van der Waals surface area contributed by atoms with Crippen molar-refractivity contribution in [1.82, 2.24) is 9.88 Å². The molecule has 0 unspecified atom stereocenters. The van der Waals surface area contributed by atoms with Crippen LogP contribution in [0.2, 0.25) is 0 Å². The lowest BCUT2D eigenvalue weighted by Crippen LogP contribution is -2.35. The second-order valence-electron chi connectivity index (χ2n) is 5.89. The van der Waals surface area contributed by atoms with Crippen molar-refractivity contribution in [3.8, 4) is 0 Å². The zero-order valence-electron chi connectivity index (χ0n) is 14.4. The highest BCUT2D eigenvalue weighted by Crippen LogP contribution is 2.13. The normalized spacial score (nSPS) is 14.0. The van der Waals surface area contributed by atoms with Gasteiger partial charge in [0.2, 0.25) is 5.91 Å². The average molecular weight is 399 g/mol. The fourth-order valence-corrected chi connectivity index (χ4v) is 2.62. The zero-order valence-corrected chi connectivity index (χ0v) is 16.0. The number of nitrogens with two attached hydrogens (primary N) is 1. The number of nitrogens with one attached hydrogen (secondary N) is 1. The van der Waals surface area contributed by atoms with E-state index in [1.165, 1.54) is 5.56 Å². The molecule has 2 aromatic rings. The number of amides is 1. The summed E-state index contributed by atoms with van der Waals surface area (Å²) in [4.78, 5) is 18.6. The van der Waals surface area contributed by atoms with Gasteiger partial charge in [0.1, 0.15) is 0 Å². The quantitative estimate of drug-likeness (QED) is 0.808. The molecule has 26 heavy (non-hydrogen) atoms. The lowest BCUT2D eigenvalue weighted by molar-refractivity contribution is -0.115. The Hall–Kier alpha value is -1.86. The lowest BCUT2D eigenvalue weighted by Gasteiger charge is -2.26. The Morgan fingerprint density at radius 1 is 1.12 bits per heavy atom. The van der Waals surface area contributed by atoms with Crippen molar-refractivity contribution in [1.29, 1.82) is 0 Å². The first-order valence-electron chi connectivity index (χ1n) is 8.08. The number of benzene rings is 1. The summed E-state index contributed by atoms with van der Waals surface area (Å²) in [5.41, 5.74) is 8.91. The highest BCUT2D eigenvalue weighted by atomic mass is 35.5. The highest BCUT2D eigenvalue weighted by molar-refractivity contribution is 5.92. The minimum atomic E-state index is -0.0896. The molecular weight excluding hydrogens is 375 g/mol. The molecule has 0 saturated carbocycles. The van der Waals surface area contributed by atoms with E-state index in [1.54, 1.807) is 18.3 Å². The summed E-state index contributed by atoms with van der Waals surface area (Å²) in [6, 6.07) is 11.5. The van der Waals surface area contributed by atoms with Crippen LogP contribution in [0.5, 0.6) is 0 Å². The number of nitrogens with zero attached hydrogens (tertiary/aromatic N) is 2. The molecule has 1 aromatic heterocycles. The van der Waals surface area contributed by atoms with Crippen molar-refractivity contribution in [3.63, 3.8) is 0 Å². The third-order valence-electron chi connectivity index (χ3n) is 3.94. The van der Waals surface area contributed by atoms with Gasteiger partial charge < -0.3 is 15.8 Å². The van der Waals surface area contributed by atoms with Crippen LogP contribution in [0.15, 0.2) is 42.6 Å². The molecule has 3 rings (SSSR count). The Morgan fingerprint density at radius 2 is 1.81 bits per heavy atom. The van der Waals surface area contributed by atoms with Crippen LogP contribution < -0.4 is 11.1 Å². The molecule has 3 N–H and O–H groups in total. The summed E-state index contributed by atoms with van der Waals surface area (Å²) >= 11 is 0. The van der Waals surface area contributed by atoms with Gasteiger partial charge >= 0.3 is 0 Å². The first-order chi connectivity index (χ1) is 11.7. The number of nitrogen functional groups attached to an aromatic ring is 1. The molecule has 8 heteroatoms. The van der Waals surface area contributed by atoms with Crippen molar-refractivity contribution in [2.75, 3.05) is 37.4 Å². The molecule has 0 bridgehead atoms. The Kier molecular flexibility index (Phi) is 9.37. The molecule has 1 amide bonds. The predicted octanol–water partition coefficient (Wildman–Crippen LogP) is 2.52. The first-order valence-corrected chi connectivity index (χ1v) is 8.08. The number of hydrogen-bond acceptors (Lipinski definition) is 5. The van der Waals surface area contributed by atoms with Gasteiger partial charge in [0, 0.05) is 31.0 Å². The van der Waals surface area contributed by atoms with Crippen LogP contribution in [-0.4, -0.2) is 42.1 Å². The van der Waals surface area contributed by atoms with Crippen molar-refractivity contribution in [2.45, 2.75) is 13.0 Å². The van der Waals surface area contributed by atoms with Gasteiger partial charge in [0.25, 0.3) is 0 Å². The molecule has 1 aliphatic rings. The van der Waals surface area contributed by atoms with Gasteiger partial charge in [-0.15, -0.1) is 24.8 Å². The van der Waals surface area contributed by atoms with E-state index in [0.717, 1.165) is 38.5 Å². The van der Waals surface area contributed by atoms with E-state index in [1.807, 2.05) is 24.3 Å². The number of pyridine rings is 1. The second kappa shape index (κ2) is 11.0. The maximum atomic E-state index is 12.1. The van der Waals surface area contributed by atoms with Gasteiger partial charge in [-0.1, -0.05) is 12.1 Å². The van der Waals surface area contributed by atoms with E-state index in [0.29, 0.717) is 11.4 Å². The van der Waals surface area contributed by atoms with E-state index in [2.05, 4.69) is 15.2 Å². The van der Waals surface area contributed by atoms with Crippen LogP contribution in [0.3, 0.4) is 0 Å². The number of carbonyl (C=O) groups is 1. The van der Waals surface area contributed by atoms with Gasteiger partial charge in [0.15, 0.2) is 0 Å². The number of aromatic nitrogens is 1. The summed E-state index contributed by atoms with van der Waals surface area (Å²) in [5.74, 6) is -0.0896. The van der Waals surface area contributed by atoms with Crippen molar-refractivity contribution in [3.05, 3.63) is 53.9 Å². The molecule has 6 nitrogen and oxygen atoms in total. The Labute approximate surface area is 165 Å². The van der Waals surface area contributed by atoms with E-state index >= 15 is 0 Å². The van der Waals surface area contributed by atoms with Gasteiger partial charge in [0.05, 0.1) is 31.5 Å². The molecule has 1 saturated heterocycles. The number of carbonyl (C=O) groups excluding carboxylic acids is 1. The lowest BCUT2D eigenvalue weighted by atomic mass is 10.2. The summed E-state index contributed by atoms with van der Waals surface area (Å²) in [7, 11) is 0. The highest BCUT2D eigenvalue weighted by Gasteiger charge is 2.11. The molecule has 142 valence electrons. The largest absolute Gasteiger partial charge is 0.397 e. The molecule has 1 fully saturated rings. The SMILES string of the molecule is Cl.Cl.Nc1ccc(CC(=O)Nc2ccc(CN3CCOCC3)cc2)nc1. The maximum Gasteiger partial charge on any atom is 0.230 e. The van der Waals surface area contributed by atoms with E-state index in [4.69, 9.17) is 10.5 Å².